The van der Waals surface area contributed by atoms with Gasteiger partial charge < -0.3 is 13.5 Å². The fourth-order valence-corrected chi connectivity index (χ4v) is 7.59. The molecule has 0 radical (unpaired) electrons. The summed E-state index contributed by atoms with van der Waals surface area (Å²) >= 11 is 0. The average Bonchev–Trinajstić information content (AvgIpc) is 3.73. The normalized spacial score (nSPS) is 12.6. The Labute approximate surface area is 228 Å². The summed E-state index contributed by atoms with van der Waals surface area (Å²) in [6.07, 6.45) is 0. The Hall–Kier alpha value is -5.28. The minimum absolute atomic E-state index is 0.890. The lowest BCUT2D eigenvalue weighted by atomic mass is 9.94. The van der Waals surface area contributed by atoms with Crippen LogP contribution in [0.5, 0.6) is 5.75 Å². The van der Waals surface area contributed by atoms with Gasteiger partial charge >= 0.3 is 0 Å². The fraction of sp³-hybridized carbons (Fsp3) is 0.0270. The lowest BCUT2D eigenvalue weighted by molar-refractivity contribution is 0.416. The Morgan fingerprint density at radius 3 is 1.75 bits per heavy atom. The first-order chi connectivity index (χ1) is 19.8. The van der Waals surface area contributed by atoms with Crippen LogP contribution in [0.1, 0.15) is 0 Å². The van der Waals surface area contributed by atoms with Crippen molar-refractivity contribution in [3.05, 3.63) is 115 Å². The first-order valence-electron chi connectivity index (χ1n) is 13.8. The molecule has 10 aromatic rings. The summed E-state index contributed by atoms with van der Waals surface area (Å²) in [5.41, 5.74) is 9.92. The molecule has 10 rings (SSSR count). The van der Waals surface area contributed by atoms with Gasteiger partial charge in [0, 0.05) is 48.7 Å². The van der Waals surface area contributed by atoms with Crippen LogP contribution < -0.4 is 4.74 Å². The molecular formula is C37H22N2O. The van der Waals surface area contributed by atoms with Gasteiger partial charge in [-0.05, 0) is 35.9 Å². The number of aromatic nitrogens is 2. The molecule has 3 heteroatoms. The fourth-order valence-electron chi connectivity index (χ4n) is 7.59. The van der Waals surface area contributed by atoms with Crippen molar-refractivity contribution < 1.29 is 4.74 Å². The molecule has 0 fully saturated rings. The zero-order valence-electron chi connectivity index (χ0n) is 21.8. The molecule has 0 spiro atoms. The highest BCUT2D eigenvalue weighted by molar-refractivity contribution is 6.39. The van der Waals surface area contributed by atoms with Crippen LogP contribution in [0.4, 0.5) is 0 Å². The first-order valence-corrected chi connectivity index (χ1v) is 13.8. The molecule has 0 unspecified atom stereocenters. The second kappa shape index (κ2) is 7.02. The van der Waals surface area contributed by atoms with Gasteiger partial charge in [-0.1, -0.05) is 84.9 Å². The number of para-hydroxylation sites is 4. The highest BCUT2D eigenvalue weighted by atomic mass is 16.5. The third-order valence-electron chi connectivity index (χ3n) is 9.08. The lowest BCUT2D eigenvalue weighted by Crippen LogP contribution is -1.88. The Bertz CT molecular complexity index is 2640. The molecule has 0 saturated carbocycles. The number of hydrogen-bond acceptors (Lipinski definition) is 1. The van der Waals surface area contributed by atoms with E-state index >= 15 is 0 Å². The second-order valence-corrected chi connectivity index (χ2v) is 10.8. The van der Waals surface area contributed by atoms with Gasteiger partial charge in [0.1, 0.15) is 5.75 Å². The van der Waals surface area contributed by atoms with Gasteiger partial charge in [0.05, 0.1) is 40.2 Å². The predicted molar refractivity (Wildman–Crippen MR) is 168 cm³/mol. The molecule has 4 heterocycles. The minimum Gasteiger partial charge on any atom is -0.496 e. The Balaban J connectivity index is 1.60. The van der Waals surface area contributed by atoms with Crippen LogP contribution >= 0.6 is 0 Å². The average molecular weight is 511 g/mol. The minimum atomic E-state index is 0.890. The summed E-state index contributed by atoms with van der Waals surface area (Å²) in [6, 6.07) is 42.0. The van der Waals surface area contributed by atoms with Crippen molar-refractivity contribution in [3.63, 3.8) is 0 Å². The molecule has 0 aliphatic carbocycles. The maximum atomic E-state index is 5.90. The van der Waals surface area contributed by atoms with Gasteiger partial charge in [-0.15, -0.1) is 0 Å². The number of nitrogens with zero attached hydrogens (tertiary/aromatic N) is 2. The number of hydrogen-bond donors (Lipinski definition) is 0. The Kier molecular flexibility index (Phi) is 3.62. The summed E-state index contributed by atoms with van der Waals surface area (Å²) in [5.74, 6) is 0.890. The van der Waals surface area contributed by atoms with Gasteiger partial charge in [-0.3, -0.25) is 0 Å². The molecular weight excluding hydrogens is 488 g/mol. The highest BCUT2D eigenvalue weighted by Gasteiger charge is 2.27. The van der Waals surface area contributed by atoms with Crippen LogP contribution in [-0.2, 0) is 0 Å². The van der Waals surface area contributed by atoms with Crippen molar-refractivity contribution in [2.24, 2.45) is 0 Å². The lowest BCUT2D eigenvalue weighted by Gasteiger charge is -2.11. The summed E-state index contributed by atoms with van der Waals surface area (Å²) in [7, 11) is 1.76. The van der Waals surface area contributed by atoms with E-state index in [2.05, 4.69) is 118 Å². The van der Waals surface area contributed by atoms with E-state index in [0.29, 0.717) is 0 Å². The Morgan fingerprint density at radius 1 is 0.425 bits per heavy atom. The summed E-state index contributed by atoms with van der Waals surface area (Å²) in [4.78, 5) is 0. The van der Waals surface area contributed by atoms with Crippen LogP contribution in [0.15, 0.2) is 115 Å². The number of rotatable bonds is 2. The molecule has 186 valence electrons. The first kappa shape index (κ1) is 20.7. The largest absolute Gasteiger partial charge is 0.496 e. The zero-order chi connectivity index (χ0) is 26.1. The molecule has 4 aromatic heterocycles. The SMILES string of the molecule is COc1ccccc1-c1ccc2c3ccccc3n3c4cc5c6ccccc6n6c7ccccc7c(c4c1c23)c56. The van der Waals surface area contributed by atoms with Gasteiger partial charge in [0.25, 0.3) is 0 Å². The van der Waals surface area contributed by atoms with Gasteiger partial charge in [0.2, 0.25) is 0 Å². The van der Waals surface area contributed by atoms with Gasteiger partial charge in [0.15, 0.2) is 0 Å². The van der Waals surface area contributed by atoms with Crippen LogP contribution in [-0.4, -0.2) is 15.9 Å². The number of ether oxygens (including phenoxy) is 1. The summed E-state index contributed by atoms with van der Waals surface area (Å²) in [6.45, 7) is 0. The van der Waals surface area contributed by atoms with E-state index in [9.17, 15) is 0 Å². The standard InChI is InChI=1S/C37H22N2O/c1-40-32-17-9-5-12-23(32)24-18-19-25-21-10-2-6-14-28(21)39-31-20-27-22-11-3-7-15-29(22)38-30-16-8-4-13-26(30)34(37(27)38)35(31)33(24)36(25)39/h2-20H,1H3. The van der Waals surface area contributed by atoms with Crippen LogP contribution in [0.2, 0.25) is 0 Å². The van der Waals surface area contributed by atoms with E-state index < -0.39 is 0 Å². The van der Waals surface area contributed by atoms with Crippen molar-refractivity contribution in [1.29, 1.82) is 0 Å². The summed E-state index contributed by atoms with van der Waals surface area (Å²) in [5, 5.41) is 10.4. The van der Waals surface area contributed by atoms with E-state index in [1.807, 2.05) is 6.07 Å². The van der Waals surface area contributed by atoms with Crippen LogP contribution in [0.25, 0.3) is 87.3 Å². The molecule has 3 nitrogen and oxygen atoms in total. The maximum Gasteiger partial charge on any atom is 0.126 e. The molecule has 0 saturated heterocycles. The smallest absolute Gasteiger partial charge is 0.126 e. The monoisotopic (exact) mass is 510 g/mol. The van der Waals surface area contributed by atoms with E-state index in [0.717, 1.165) is 11.3 Å². The molecule has 0 N–H and O–H groups in total. The molecule has 0 aliphatic rings. The van der Waals surface area contributed by atoms with E-state index in [1.165, 1.54) is 81.8 Å². The van der Waals surface area contributed by atoms with Crippen molar-refractivity contribution >= 4 is 76.2 Å². The molecule has 6 aromatic carbocycles. The second-order valence-electron chi connectivity index (χ2n) is 10.8. The molecule has 0 aliphatic heterocycles. The highest BCUT2D eigenvalue weighted by Crippen LogP contribution is 2.51. The molecule has 0 bridgehead atoms. The third-order valence-corrected chi connectivity index (χ3v) is 9.08. The topological polar surface area (TPSA) is 18.1 Å². The van der Waals surface area contributed by atoms with Gasteiger partial charge in [-0.25, -0.2) is 0 Å². The number of benzene rings is 6. The van der Waals surface area contributed by atoms with E-state index in [4.69, 9.17) is 4.74 Å². The zero-order valence-corrected chi connectivity index (χ0v) is 21.8. The Morgan fingerprint density at radius 2 is 1.00 bits per heavy atom. The summed E-state index contributed by atoms with van der Waals surface area (Å²) < 4.78 is 10.9. The maximum absolute atomic E-state index is 5.90. The van der Waals surface area contributed by atoms with Crippen molar-refractivity contribution in [1.82, 2.24) is 8.80 Å². The van der Waals surface area contributed by atoms with E-state index in [-0.39, 0.29) is 0 Å². The number of fused-ring (bicyclic) bond motifs is 13. The van der Waals surface area contributed by atoms with Crippen molar-refractivity contribution in [2.75, 3.05) is 7.11 Å². The quantitative estimate of drug-likeness (QED) is 0.226. The molecule has 0 atom stereocenters. The van der Waals surface area contributed by atoms with Crippen LogP contribution in [0, 0.1) is 0 Å². The molecule has 40 heavy (non-hydrogen) atoms. The van der Waals surface area contributed by atoms with Gasteiger partial charge in [-0.2, -0.15) is 0 Å². The molecule has 0 amide bonds. The number of methoxy groups -OCH3 is 1. The predicted octanol–water partition coefficient (Wildman–Crippen LogP) is 9.66. The van der Waals surface area contributed by atoms with Crippen LogP contribution in [0.3, 0.4) is 0 Å². The van der Waals surface area contributed by atoms with Crippen molar-refractivity contribution in [2.45, 2.75) is 0 Å². The van der Waals surface area contributed by atoms with E-state index in [1.54, 1.807) is 7.11 Å². The third kappa shape index (κ3) is 2.22. The van der Waals surface area contributed by atoms with Crippen molar-refractivity contribution in [3.8, 4) is 16.9 Å².